The lowest BCUT2D eigenvalue weighted by atomic mass is 10.00. The smallest absolute Gasteiger partial charge is 0.0606 e. The minimum atomic E-state index is 0.975. The van der Waals surface area contributed by atoms with Gasteiger partial charge in [0.1, 0.15) is 0 Å². The Morgan fingerprint density at radius 3 is 3.30 bits per heavy atom. The van der Waals surface area contributed by atoms with Gasteiger partial charge in [-0.15, -0.1) is 0 Å². The first-order chi connectivity index (χ1) is 4.97. The maximum atomic E-state index is 4.39. The van der Waals surface area contributed by atoms with Gasteiger partial charge in [0.05, 0.1) is 5.70 Å². The van der Waals surface area contributed by atoms with Gasteiger partial charge in [0, 0.05) is 6.54 Å². The van der Waals surface area contributed by atoms with Crippen LogP contribution in [0.5, 0.6) is 0 Å². The van der Waals surface area contributed by atoms with Crippen molar-refractivity contribution < 1.29 is 0 Å². The van der Waals surface area contributed by atoms with Gasteiger partial charge >= 0.3 is 0 Å². The third kappa shape index (κ3) is 0.878. The van der Waals surface area contributed by atoms with Crippen molar-refractivity contribution in [2.24, 2.45) is 0 Å². The molecule has 0 spiro atoms. The predicted octanol–water partition coefficient (Wildman–Crippen LogP) is 1.76. The first-order valence-corrected chi connectivity index (χ1v) is 3.70. The van der Waals surface area contributed by atoms with Crippen LogP contribution in [0.3, 0.4) is 0 Å². The van der Waals surface area contributed by atoms with E-state index in [0.29, 0.717) is 0 Å². The quantitative estimate of drug-likeness (QED) is 0.477. The van der Waals surface area contributed by atoms with Crippen LogP contribution >= 0.6 is 0 Å². The maximum absolute atomic E-state index is 4.39. The molecule has 0 unspecified atom stereocenters. The van der Waals surface area contributed by atoms with Gasteiger partial charge in [0.15, 0.2) is 0 Å². The maximum Gasteiger partial charge on any atom is 0.0606 e. The summed E-state index contributed by atoms with van der Waals surface area (Å²) in [4.78, 5) is 0. The van der Waals surface area contributed by atoms with E-state index in [1.165, 1.54) is 11.3 Å². The molecule has 0 saturated heterocycles. The molecule has 1 heteroatoms. The van der Waals surface area contributed by atoms with Crippen molar-refractivity contribution in [3.05, 3.63) is 35.6 Å². The molecular weight excluding hydrogens is 122 g/mol. The molecule has 1 aliphatic carbocycles. The molecule has 51 valence electrons. The summed E-state index contributed by atoms with van der Waals surface area (Å²) in [7, 11) is 0. The van der Waals surface area contributed by atoms with Crippen LogP contribution in [0.1, 0.15) is 12.8 Å². The summed E-state index contributed by atoms with van der Waals surface area (Å²) in [5, 5.41) is 4.39. The largest absolute Gasteiger partial charge is 0.285 e. The molecule has 0 aromatic heterocycles. The summed E-state index contributed by atoms with van der Waals surface area (Å²) in [5.74, 6) is 0. The van der Waals surface area contributed by atoms with Crippen molar-refractivity contribution in [3.63, 3.8) is 0 Å². The molecule has 0 bridgehead atoms. The lowest BCUT2D eigenvalue weighted by Gasteiger charge is -2.17. The molecule has 2 aliphatic rings. The minimum Gasteiger partial charge on any atom is -0.285 e. The van der Waals surface area contributed by atoms with E-state index in [1.807, 2.05) is 0 Å². The van der Waals surface area contributed by atoms with E-state index in [1.54, 1.807) is 0 Å². The topological polar surface area (TPSA) is 14.1 Å². The van der Waals surface area contributed by atoms with E-state index in [4.69, 9.17) is 0 Å². The van der Waals surface area contributed by atoms with Gasteiger partial charge in [-0.1, -0.05) is 18.2 Å². The van der Waals surface area contributed by atoms with Crippen molar-refractivity contribution in [3.8, 4) is 0 Å². The second kappa shape index (κ2) is 2.33. The van der Waals surface area contributed by atoms with Gasteiger partial charge in [-0.3, -0.25) is 5.32 Å². The molecule has 2 rings (SSSR count). The van der Waals surface area contributed by atoms with Crippen molar-refractivity contribution in [2.45, 2.75) is 12.8 Å². The summed E-state index contributed by atoms with van der Waals surface area (Å²) in [6.07, 6.45) is 10.9. The summed E-state index contributed by atoms with van der Waals surface area (Å²) in [5.41, 5.74) is 2.61. The zero-order valence-corrected chi connectivity index (χ0v) is 5.88. The fraction of sp³-hybridized carbons (Fsp3) is 0.333. The number of hydrogen-bond acceptors (Lipinski definition) is 0. The highest BCUT2D eigenvalue weighted by Crippen LogP contribution is 2.21. The van der Waals surface area contributed by atoms with Crippen LogP contribution < -0.4 is 5.32 Å². The fourth-order valence-electron chi connectivity index (χ4n) is 1.33. The van der Waals surface area contributed by atoms with Crippen LogP contribution in [0.25, 0.3) is 0 Å². The van der Waals surface area contributed by atoms with Crippen molar-refractivity contribution in [1.82, 2.24) is 5.32 Å². The third-order valence-corrected chi connectivity index (χ3v) is 1.86. The highest BCUT2D eigenvalue weighted by molar-refractivity contribution is 5.39. The summed E-state index contributed by atoms with van der Waals surface area (Å²) >= 11 is 0. The lowest BCUT2D eigenvalue weighted by Crippen LogP contribution is -2.14. The monoisotopic (exact) mass is 132 g/mol. The Kier molecular flexibility index (Phi) is 1.35. The molecular formula is C9H10N. The van der Waals surface area contributed by atoms with Crippen molar-refractivity contribution in [2.75, 3.05) is 6.54 Å². The van der Waals surface area contributed by atoms with E-state index in [9.17, 15) is 0 Å². The number of rotatable bonds is 0. The number of hydrogen-bond donors (Lipinski definition) is 0. The Labute approximate surface area is 61.1 Å². The van der Waals surface area contributed by atoms with Crippen LogP contribution in [-0.2, 0) is 0 Å². The van der Waals surface area contributed by atoms with Gasteiger partial charge in [0.2, 0.25) is 0 Å². The van der Waals surface area contributed by atoms with E-state index in [0.717, 1.165) is 19.4 Å². The Balaban J connectivity index is 2.32. The molecule has 0 saturated carbocycles. The SMILES string of the molecule is C1=CCC2=CCC[N]C2=C1. The van der Waals surface area contributed by atoms with Crippen molar-refractivity contribution >= 4 is 0 Å². The second-order valence-corrected chi connectivity index (χ2v) is 2.58. The molecule has 10 heavy (non-hydrogen) atoms. The van der Waals surface area contributed by atoms with E-state index in [2.05, 4.69) is 29.6 Å². The van der Waals surface area contributed by atoms with Crippen LogP contribution in [0.4, 0.5) is 0 Å². The van der Waals surface area contributed by atoms with Gasteiger partial charge in [-0.05, 0) is 24.5 Å². The zero-order chi connectivity index (χ0) is 6.81. The third-order valence-electron chi connectivity index (χ3n) is 1.86. The first-order valence-electron chi connectivity index (χ1n) is 3.70. The lowest BCUT2D eigenvalue weighted by molar-refractivity contribution is 0.750. The summed E-state index contributed by atoms with van der Waals surface area (Å²) in [6, 6.07) is 0. The highest BCUT2D eigenvalue weighted by Gasteiger charge is 2.10. The molecule has 0 N–H and O–H groups in total. The normalized spacial score (nSPS) is 22.4. The standard InChI is InChI=1S/C9H10N/c1-2-6-9-8(4-1)5-3-7-10-9/h1-2,5-6H,3-4,7H2. The molecule has 1 aliphatic heterocycles. The van der Waals surface area contributed by atoms with Crippen LogP contribution in [0.15, 0.2) is 35.6 Å². The molecule has 0 atom stereocenters. The molecule has 0 fully saturated rings. The molecule has 0 aromatic carbocycles. The van der Waals surface area contributed by atoms with Gasteiger partial charge in [0.25, 0.3) is 0 Å². The molecule has 1 nitrogen and oxygen atoms in total. The number of fused-ring (bicyclic) bond motifs is 1. The number of allylic oxidation sites excluding steroid dienone is 4. The molecule has 1 heterocycles. The summed E-state index contributed by atoms with van der Waals surface area (Å²) < 4.78 is 0. The van der Waals surface area contributed by atoms with Crippen LogP contribution in [0.2, 0.25) is 0 Å². The Morgan fingerprint density at radius 2 is 2.40 bits per heavy atom. The molecule has 1 radical (unpaired) electrons. The van der Waals surface area contributed by atoms with Gasteiger partial charge in [-0.2, -0.15) is 0 Å². The molecule has 0 aromatic rings. The van der Waals surface area contributed by atoms with Gasteiger partial charge in [-0.25, -0.2) is 0 Å². The highest BCUT2D eigenvalue weighted by atomic mass is 14.9. The Morgan fingerprint density at radius 1 is 1.40 bits per heavy atom. The Hall–Kier alpha value is -0.980. The molecule has 0 amide bonds. The van der Waals surface area contributed by atoms with E-state index in [-0.39, 0.29) is 0 Å². The van der Waals surface area contributed by atoms with E-state index >= 15 is 0 Å². The van der Waals surface area contributed by atoms with Gasteiger partial charge < -0.3 is 0 Å². The van der Waals surface area contributed by atoms with Crippen molar-refractivity contribution in [1.29, 1.82) is 0 Å². The predicted molar refractivity (Wildman–Crippen MR) is 41.5 cm³/mol. The van der Waals surface area contributed by atoms with E-state index < -0.39 is 0 Å². The fourth-order valence-corrected chi connectivity index (χ4v) is 1.33. The minimum absolute atomic E-state index is 0.975. The average Bonchev–Trinajstić information content (AvgIpc) is 2.05. The van der Waals surface area contributed by atoms with Crippen LogP contribution in [0, 0.1) is 0 Å². The number of nitrogens with zero attached hydrogens (tertiary/aromatic N) is 1. The summed E-state index contributed by atoms with van der Waals surface area (Å²) in [6.45, 7) is 0.975. The van der Waals surface area contributed by atoms with Crippen LogP contribution in [-0.4, -0.2) is 6.54 Å². The second-order valence-electron chi connectivity index (χ2n) is 2.58. The first kappa shape index (κ1) is 5.78. The average molecular weight is 132 g/mol. The zero-order valence-electron chi connectivity index (χ0n) is 5.88. The Bertz CT molecular complexity index is 221.